The van der Waals surface area contributed by atoms with Gasteiger partial charge in [-0.25, -0.2) is 9.97 Å². The number of hydrogen-bond acceptors (Lipinski definition) is 6. The van der Waals surface area contributed by atoms with E-state index < -0.39 is 0 Å². The Labute approximate surface area is 214 Å². The van der Waals surface area contributed by atoms with Gasteiger partial charge < -0.3 is 14.5 Å². The van der Waals surface area contributed by atoms with E-state index in [1.54, 1.807) is 6.20 Å². The predicted octanol–water partition coefficient (Wildman–Crippen LogP) is 5.44. The van der Waals surface area contributed by atoms with Crippen LogP contribution >= 0.6 is 23.4 Å². The number of fused-ring (bicyclic) bond motifs is 1. The zero-order chi connectivity index (χ0) is 23.8. The van der Waals surface area contributed by atoms with E-state index in [9.17, 15) is 4.79 Å². The molecule has 0 aliphatic carbocycles. The number of nitrogens with zero attached hydrogens (tertiary/aromatic N) is 4. The van der Waals surface area contributed by atoms with E-state index in [4.69, 9.17) is 16.3 Å². The highest BCUT2D eigenvalue weighted by Crippen LogP contribution is 2.41. The minimum Gasteiger partial charge on any atom is -0.381 e. The summed E-state index contributed by atoms with van der Waals surface area (Å²) in [5.74, 6) is 0.892. The van der Waals surface area contributed by atoms with Gasteiger partial charge in [-0.3, -0.25) is 4.79 Å². The average molecular weight is 507 g/mol. The first-order chi connectivity index (χ1) is 17.1. The molecule has 1 amide bonds. The number of carbonyl (C=O) groups excluding carboxylic acids is 1. The zero-order valence-electron chi connectivity index (χ0n) is 19.5. The van der Waals surface area contributed by atoms with Gasteiger partial charge in [0.1, 0.15) is 10.8 Å². The van der Waals surface area contributed by atoms with Gasteiger partial charge in [0, 0.05) is 37.7 Å². The van der Waals surface area contributed by atoms with Crippen LogP contribution in [0.15, 0.2) is 64.8 Å². The number of hydrogen-bond donors (Lipinski definition) is 0. The van der Waals surface area contributed by atoms with Crippen molar-refractivity contribution in [2.45, 2.75) is 42.3 Å². The molecule has 3 aliphatic heterocycles. The zero-order valence-corrected chi connectivity index (χ0v) is 21.0. The van der Waals surface area contributed by atoms with Crippen LogP contribution in [0.1, 0.15) is 40.7 Å². The molecule has 3 aromatic rings. The van der Waals surface area contributed by atoms with Crippen LogP contribution in [-0.2, 0) is 17.8 Å². The van der Waals surface area contributed by atoms with Gasteiger partial charge in [0.15, 0.2) is 0 Å². The number of amides is 1. The summed E-state index contributed by atoms with van der Waals surface area (Å²) in [4.78, 5) is 27.4. The van der Waals surface area contributed by atoms with Gasteiger partial charge in [0.25, 0.3) is 5.91 Å². The normalized spacial score (nSPS) is 18.9. The van der Waals surface area contributed by atoms with E-state index in [1.165, 1.54) is 18.2 Å². The first kappa shape index (κ1) is 22.8. The quantitative estimate of drug-likeness (QED) is 0.459. The van der Waals surface area contributed by atoms with Crippen molar-refractivity contribution in [1.82, 2.24) is 14.9 Å². The van der Waals surface area contributed by atoms with Crippen molar-refractivity contribution >= 4 is 35.1 Å². The molecule has 8 heteroatoms. The Morgan fingerprint density at radius 1 is 1.03 bits per heavy atom. The Morgan fingerprint density at radius 2 is 1.86 bits per heavy atom. The summed E-state index contributed by atoms with van der Waals surface area (Å²) in [6.45, 7) is 4.92. The van der Waals surface area contributed by atoms with Crippen molar-refractivity contribution in [1.29, 1.82) is 0 Å². The van der Waals surface area contributed by atoms with Gasteiger partial charge in [-0.1, -0.05) is 59.8 Å². The fourth-order valence-corrected chi connectivity index (χ4v) is 6.44. The number of rotatable bonds is 5. The molecule has 0 unspecified atom stereocenters. The molecule has 35 heavy (non-hydrogen) atoms. The molecule has 2 saturated heterocycles. The predicted molar refractivity (Wildman–Crippen MR) is 137 cm³/mol. The molecule has 0 saturated carbocycles. The van der Waals surface area contributed by atoms with Crippen molar-refractivity contribution in [3.05, 3.63) is 76.6 Å². The molecule has 0 atom stereocenters. The van der Waals surface area contributed by atoms with E-state index in [2.05, 4.69) is 14.9 Å². The molecule has 4 heterocycles. The summed E-state index contributed by atoms with van der Waals surface area (Å²) in [6.07, 6.45) is 7.11. The van der Waals surface area contributed by atoms with E-state index >= 15 is 0 Å². The molecule has 0 N–H and O–H groups in total. The molecule has 1 aromatic heterocycles. The lowest BCUT2D eigenvalue weighted by Crippen LogP contribution is -2.40. The van der Waals surface area contributed by atoms with Gasteiger partial charge in [-0.15, -0.1) is 0 Å². The maximum Gasteiger partial charge on any atom is 0.256 e. The van der Waals surface area contributed by atoms with E-state index in [1.807, 2.05) is 53.6 Å². The molecular weight excluding hydrogens is 480 g/mol. The SMILES string of the molecule is O=C1c2c(ccc(Sc3cnc(N4CCC5(CCOC5)CC4)cn3)c2Cl)CN1Cc1ccccc1. The summed E-state index contributed by atoms with van der Waals surface area (Å²) in [5.41, 5.74) is 3.06. The van der Waals surface area contributed by atoms with Crippen LogP contribution in [-0.4, -0.2) is 47.1 Å². The maximum atomic E-state index is 13.1. The van der Waals surface area contributed by atoms with Crippen molar-refractivity contribution in [3.8, 4) is 0 Å². The van der Waals surface area contributed by atoms with Crippen molar-refractivity contribution < 1.29 is 9.53 Å². The van der Waals surface area contributed by atoms with Crippen molar-refractivity contribution in [2.24, 2.45) is 5.41 Å². The molecule has 2 fully saturated rings. The standard InChI is InChI=1S/C27H27ClN4O2S/c28-25-21(7-6-20-17-32(26(33)24(20)25)16-19-4-2-1-3-5-19)35-23-15-29-22(14-30-23)31-11-8-27(9-12-31)10-13-34-18-27/h1-7,14-15H,8-13,16-18H2. The third-order valence-corrected chi connectivity index (χ3v) is 8.92. The van der Waals surface area contributed by atoms with Crippen LogP contribution in [0.25, 0.3) is 0 Å². The minimum absolute atomic E-state index is 0.0201. The van der Waals surface area contributed by atoms with Gasteiger partial charge in [-0.05, 0) is 41.9 Å². The van der Waals surface area contributed by atoms with Gasteiger partial charge in [0.2, 0.25) is 0 Å². The fraction of sp³-hybridized carbons (Fsp3) is 0.370. The van der Waals surface area contributed by atoms with Crippen LogP contribution in [0.5, 0.6) is 0 Å². The summed E-state index contributed by atoms with van der Waals surface area (Å²) < 4.78 is 5.64. The van der Waals surface area contributed by atoms with Crippen LogP contribution < -0.4 is 4.90 Å². The Balaban J connectivity index is 1.13. The molecular formula is C27H27ClN4O2S. The number of aromatic nitrogens is 2. The second-order valence-corrected chi connectivity index (χ2v) is 11.1. The monoisotopic (exact) mass is 506 g/mol. The largest absolute Gasteiger partial charge is 0.381 e. The molecule has 180 valence electrons. The lowest BCUT2D eigenvalue weighted by Gasteiger charge is -2.38. The molecule has 0 radical (unpaired) electrons. The molecule has 6 rings (SSSR count). The number of piperidine rings is 1. The summed E-state index contributed by atoms with van der Waals surface area (Å²) in [5, 5.41) is 1.26. The smallest absolute Gasteiger partial charge is 0.256 e. The van der Waals surface area contributed by atoms with Crippen molar-refractivity contribution in [2.75, 3.05) is 31.2 Å². The van der Waals surface area contributed by atoms with Crippen LogP contribution in [0, 0.1) is 5.41 Å². The highest BCUT2D eigenvalue weighted by molar-refractivity contribution is 7.99. The van der Waals surface area contributed by atoms with Gasteiger partial charge >= 0.3 is 0 Å². The van der Waals surface area contributed by atoms with E-state index in [-0.39, 0.29) is 5.91 Å². The number of carbonyl (C=O) groups is 1. The number of halogens is 1. The maximum absolute atomic E-state index is 13.1. The highest BCUT2D eigenvalue weighted by Gasteiger charge is 2.38. The molecule has 2 aromatic carbocycles. The van der Waals surface area contributed by atoms with Crippen LogP contribution in [0.2, 0.25) is 5.02 Å². The van der Waals surface area contributed by atoms with E-state index in [0.717, 1.165) is 66.0 Å². The summed E-state index contributed by atoms with van der Waals surface area (Å²) in [6, 6.07) is 14.0. The summed E-state index contributed by atoms with van der Waals surface area (Å²) >= 11 is 8.19. The Kier molecular flexibility index (Phi) is 6.16. The van der Waals surface area contributed by atoms with Crippen LogP contribution in [0.4, 0.5) is 5.82 Å². The van der Waals surface area contributed by atoms with Crippen LogP contribution in [0.3, 0.4) is 0 Å². The van der Waals surface area contributed by atoms with Gasteiger partial charge in [0.05, 0.1) is 29.6 Å². The summed E-state index contributed by atoms with van der Waals surface area (Å²) in [7, 11) is 0. The second-order valence-electron chi connectivity index (χ2n) is 9.66. The lowest BCUT2D eigenvalue weighted by molar-refractivity contribution is 0.0766. The Hall–Kier alpha value is -2.61. The molecule has 3 aliphatic rings. The number of benzene rings is 2. The Bertz CT molecular complexity index is 1220. The molecule has 1 spiro atoms. The third kappa shape index (κ3) is 4.53. The molecule has 6 nitrogen and oxygen atoms in total. The topological polar surface area (TPSA) is 58.6 Å². The first-order valence-electron chi connectivity index (χ1n) is 12.1. The van der Waals surface area contributed by atoms with Crippen molar-refractivity contribution in [3.63, 3.8) is 0 Å². The lowest BCUT2D eigenvalue weighted by atomic mass is 9.78. The average Bonchev–Trinajstić information content (AvgIpc) is 3.47. The third-order valence-electron chi connectivity index (χ3n) is 7.43. The number of anilines is 1. The Morgan fingerprint density at radius 3 is 2.57 bits per heavy atom. The fourth-order valence-electron chi connectivity index (χ4n) is 5.30. The number of ether oxygens (including phenoxy) is 1. The van der Waals surface area contributed by atoms with Gasteiger partial charge in [-0.2, -0.15) is 0 Å². The van der Waals surface area contributed by atoms with E-state index in [0.29, 0.717) is 29.1 Å². The molecule has 0 bridgehead atoms. The first-order valence-corrected chi connectivity index (χ1v) is 13.3. The highest BCUT2D eigenvalue weighted by atomic mass is 35.5. The minimum atomic E-state index is -0.0201. The second kappa shape index (κ2) is 9.45.